The SMILES string of the molecule is COc1ccc(N(CC(=O)N(Cc2ccccc2)[C@@H](Cc2ccccc2)C(=O)NC(C)(C)C)S(C)(=O)=O)c(OC)c1. The topological polar surface area (TPSA) is 105 Å². The summed E-state index contributed by atoms with van der Waals surface area (Å²) in [6.45, 7) is 5.17. The molecule has 1 atom stereocenters. The number of nitrogens with zero attached hydrogens (tertiary/aromatic N) is 2. The first-order valence-electron chi connectivity index (χ1n) is 13.2. The number of hydrogen-bond acceptors (Lipinski definition) is 6. The van der Waals surface area contributed by atoms with Crippen molar-refractivity contribution in [3.63, 3.8) is 0 Å². The third-order valence-corrected chi connectivity index (χ3v) is 7.43. The van der Waals surface area contributed by atoms with Crippen molar-refractivity contribution < 1.29 is 27.5 Å². The van der Waals surface area contributed by atoms with Crippen LogP contribution in [0.1, 0.15) is 31.9 Å². The summed E-state index contributed by atoms with van der Waals surface area (Å²) >= 11 is 0. The monoisotopic (exact) mass is 581 g/mol. The van der Waals surface area contributed by atoms with Crippen LogP contribution in [0.25, 0.3) is 0 Å². The first kappa shape index (κ1) is 31.5. The van der Waals surface area contributed by atoms with E-state index in [0.717, 1.165) is 21.7 Å². The van der Waals surface area contributed by atoms with Crippen molar-refractivity contribution in [1.29, 1.82) is 0 Å². The number of anilines is 1. The van der Waals surface area contributed by atoms with Crippen LogP contribution in [-0.4, -0.2) is 63.7 Å². The van der Waals surface area contributed by atoms with Gasteiger partial charge in [0.2, 0.25) is 21.8 Å². The highest BCUT2D eigenvalue weighted by Crippen LogP contribution is 2.33. The molecule has 0 aromatic heterocycles. The van der Waals surface area contributed by atoms with Crippen LogP contribution in [0, 0.1) is 0 Å². The summed E-state index contributed by atoms with van der Waals surface area (Å²) in [7, 11) is -1.04. The predicted molar refractivity (Wildman–Crippen MR) is 161 cm³/mol. The van der Waals surface area contributed by atoms with E-state index in [2.05, 4.69) is 5.32 Å². The summed E-state index contributed by atoms with van der Waals surface area (Å²) in [5, 5.41) is 3.01. The molecule has 0 bridgehead atoms. The van der Waals surface area contributed by atoms with Gasteiger partial charge in [0.05, 0.1) is 26.2 Å². The molecule has 0 aliphatic heterocycles. The predicted octanol–water partition coefficient (Wildman–Crippen LogP) is 4.02. The molecule has 0 spiro atoms. The number of sulfonamides is 1. The van der Waals surface area contributed by atoms with E-state index in [1.54, 1.807) is 12.1 Å². The second-order valence-electron chi connectivity index (χ2n) is 10.8. The summed E-state index contributed by atoms with van der Waals surface area (Å²) < 4.78 is 37.8. The summed E-state index contributed by atoms with van der Waals surface area (Å²) in [4.78, 5) is 29.4. The van der Waals surface area contributed by atoms with Crippen LogP contribution >= 0.6 is 0 Å². The van der Waals surface area contributed by atoms with Crippen LogP contribution < -0.4 is 19.1 Å². The molecule has 0 saturated carbocycles. The molecule has 41 heavy (non-hydrogen) atoms. The average Bonchev–Trinajstić information content (AvgIpc) is 2.92. The van der Waals surface area contributed by atoms with E-state index in [-0.39, 0.29) is 30.3 Å². The Morgan fingerprint density at radius 3 is 1.98 bits per heavy atom. The lowest BCUT2D eigenvalue weighted by Crippen LogP contribution is -2.56. The Labute approximate surface area is 243 Å². The van der Waals surface area contributed by atoms with E-state index in [0.29, 0.717) is 5.75 Å². The lowest BCUT2D eigenvalue weighted by molar-refractivity contribution is -0.140. The van der Waals surface area contributed by atoms with Gasteiger partial charge in [-0.05, 0) is 44.0 Å². The van der Waals surface area contributed by atoms with Gasteiger partial charge in [0.15, 0.2) is 0 Å². The van der Waals surface area contributed by atoms with E-state index in [1.165, 1.54) is 25.2 Å². The maximum atomic E-state index is 14.2. The van der Waals surface area contributed by atoms with Crippen molar-refractivity contribution >= 4 is 27.5 Å². The van der Waals surface area contributed by atoms with E-state index in [1.807, 2.05) is 81.4 Å². The highest BCUT2D eigenvalue weighted by Gasteiger charge is 2.35. The Morgan fingerprint density at radius 1 is 0.878 bits per heavy atom. The van der Waals surface area contributed by atoms with Gasteiger partial charge in [0.1, 0.15) is 24.1 Å². The Bertz CT molecular complexity index is 1420. The average molecular weight is 582 g/mol. The van der Waals surface area contributed by atoms with Crippen molar-refractivity contribution in [3.8, 4) is 11.5 Å². The number of ether oxygens (including phenoxy) is 2. The number of amides is 2. The molecule has 3 aromatic rings. The van der Waals surface area contributed by atoms with Crippen molar-refractivity contribution in [2.45, 2.75) is 45.3 Å². The molecule has 0 heterocycles. The van der Waals surface area contributed by atoms with Crippen LogP contribution in [0.15, 0.2) is 78.9 Å². The molecule has 0 fully saturated rings. The third-order valence-electron chi connectivity index (χ3n) is 6.30. The Balaban J connectivity index is 2.09. The zero-order valence-electron chi connectivity index (χ0n) is 24.5. The fourth-order valence-corrected chi connectivity index (χ4v) is 5.23. The Hall–Kier alpha value is -4.05. The van der Waals surface area contributed by atoms with Crippen molar-refractivity contribution in [2.24, 2.45) is 0 Å². The van der Waals surface area contributed by atoms with Gasteiger partial charge in [-0.1, -0.05) is 60.7 Å². The number of carbonyl (C=O) groups excluding carboxylic acids is 2. The molecule has 0 saturated heterocycles. The Morgan fingerprint density at radius 2 is 1.46 bits per heavy atom. The number of rotatable bonds is 12. The molecule has 2 amide bonds. The minimum absolute atomic E-state index is 0.103. The van der Waals surface area contributed by atoms with Crippen molar-refractivity contribution in [2.75, 3.05) is 31.3 Å². The van der Waals surface area contributed by atoms with Crippen LogP contribution in [0.5, 0.6) is 11.5 Å². The smallest absolute Gasteiger partial charge is 0.244 e. The van der Waals surface area contributed by atoms with Gasteiger partial charge >= 0.3 is 0 Å². The quantitative estimate of drug-likeness (QED) is 0.346. The fraction of sp³-hybridized carbons (Fsp3) is 0.355. The van der Waals surface area contributed by atoms with Crippen molar-refractivity contribution in [1.82, 2.24) is 10.2 Å². The first-order chi connectivity index (χ1) is 19.3. The van der Waals surface area contributed by atoms with Crippen LogP contribution in [-0.2, 0) is 32.6 Å². The maximum Gasteiger partial charge on any atom is 0.244 e. The molecule has 3 aromatic carbocycles. The zero-order chi connectivity index (χ0) is 30.2. The van der Waals surface area contributed by atoms with Gasteiger partial charge in [-0.15, -0.1) is 0 Å². The molecular weight excluding hydrogens is 542 g/mol. The maximum absolute atomic E-state index is 14.2. The van der Waals surface area contributed by atoms with Gasteiger partial charge in [-0.3, -0.25) is 13.9 Å². The van der Waals surface area contributed by atoms with Crippen LogP contribution in [0.4, 0.5) is 5.69 Å². The number of carbonyl (C=O) groups is 2. The molecular formula is C31H39N3O6S. The van der Waals surface area contributed by atoms with Crippen LogP contribution in [0.3, 0.4) is 0 Å². The molecule has 3 rings (SSSR count). The van der Waals surface area contributed by atoms with Crippen molar-refractivity contribution in [3.05, 3.63) is 90.0 Å². The molecule has 0 aliphatic carbocycles. The number of hydrogen-bond donors (Lipinski definition) is 1. The van der Waals surface area contributed by atoms with Gasteiger partial charge in [0, 0.05) is 24.6 Å². The molecule has 220 valence electrons. The molecule has 0 unspecified atom stereocenters. The van der Waals surface area contributed by atoms with E-state index < -0.39 is 34.1 Å². The Kier molecular flexibility index (Phi) is 10.4. The van der Waals surface area contributed by atoms with Gasteiger partial charge in [-0.25, -0.2) is 8.42 Å². The van der Waals surface area contributed by atoms with E-state index >= 15 is 0 Å². The molecule has 9 nitrogen and oxygen atoms in total. The first-order valence-corrected chi connectivity index (χ1v) is 15.1. The van der Waals surface area contributed by atoms with Gasteiger partial charge in [-0.2, -0.15) is 0 Å². The summed E-state index contributed by atoms with van der Waals surface area (Å²) in [6.07, 6.45) is 1.27. The van der Waals surface area contributed by atoms with E-state index in [9.17, 15) is 18.0 Å². The summed E-state index contributed by atoms with van der Waals surface area (Å²) in [5.41, 5.74) is 1.30. The second-order valence-corrected chi connectivity index (χ2v) is 12.7. The number of benzene rings is 3. The van der Waals surface area contributed by atoms with Crippen LogP contribution in [0.2, 0.25) is 0 Å². The number of nitrogens with one attached hydrogen (secondary N) is 1. The molecule has 1 N–H and O–H groups in total. The highest BCUT2D eigenvalue weighted by molar-refractivity contribution is 7.92. The second kappa shape index (κ2) is 13.5. The molecule has 0 radical (unpaired) electrons. The van der Waals surface area contributed by atoms with Gasteiger partial charge in [0.25, 0.3) is 0 Å². The minimum Gasteiger partial charge on any atom is -0.497 e. The lowest BCUT2D eigenvalue weighted by Gasteiger charge is -2.35. The molecule has 0 aliphatic rings. The molecule has 10 heteroatoms. The third kappa shape index (κ3) is 8.97. The minimum atomic E-state index is -3.94. The normalized spacial score (nSPS) is 12.2. The zero-order valence-corrected chi connectivity index (χ0v) is 25.3. The van der Waals surface area contributed by atoms with E-state index in [4.69, 9.17) is 9.47 Å². The summed E-state index contributed by atoms with van der Waals surface area (Å²) in [6, 6.07) is 22.5. The number of methoxy groups -OCH3 is 2. The largest absolute Gasteiger partial charge is 0.497 e. The fourth-order valence-electron chi connectivity index (χ4n) is 4.37. The highest BCUT2D eigenvalue weighted by atomic mass is 32.2. The summed E-state index contributed by atoms with van der Waals surface area (Å²) in [5.74, 6) is -0.179. The standard InChI is InChI=1S/C31H39N3O6S/c1-31(2,3)32-30(36)27(19-23-13-9-7-10-14-23)33(21-24-15-11-8-12-16-24)29(35)22-34(41(6,37)38)26-18-17-25(39-4)20-28(26)40-5/h7-18,20,27H,19,21-22H2,1-6H3,(H,32,36)/t27-/m0/s1. The van der Waals surface area contributed by atoms with Gasteiger partial charge < -0.3 is 19.7 Å². The lowest BCUT2D eigenvalue weighted by atomic mass is 10.0.